The van der Waals surface area contributed by atoms with Gasteiger partial charge in [0.15, 0.2) is 5.78 Å². The van der Waals surface area contributed by atoms with Crippen molar-refractivity contribution in [2.24, 2.45) is 0 Å². The highest BCUT2D eigenvalue weighted by Gasteiger charge is 2.04. The maximum Gasteiger partial charge on any atom is 0.185 e. The van der Waals surface area contributed by atoms with E-state index in [0.29, 0.717) is 17.9 Å². The van der Waals surface area contributed by atoms with Gasteiger partial charge >= 0.3 is 0 Å². The number of phenols is 1. The van der Waals surface area contributed by atoms with Crippen LogP contribution in [0.3, 0.4) is 0 Å². The van der Waals surface area contributed by atoms with Crippen LogP contribution in [-0.4, -0.2) is 17.5 Å². The highest BCUT2D eigenvalue weighted by molar-refractivity contribution is 6.07. The molecule has 0 saturated heterocycles. The molecule has 2 aromatic rings. The van der Waals surface area contributed by atoms with Crippen molar-refractivity contribution in [2.75, 3.05) is 6.61 Å². The number of phenolic OH excluding ortho intramolecular Hbond substituents is 1. The molecule has 3 heteroatoms. The van der Waals surface area contributed by atoms with Crippen LogP contribution < -0.4 is 4.74 Å². The van der Waals surface area contributed by atoms with Crippen LogP contribution in [0, 0.1) is 0 Å². The van der Waals surface area contributed by atoms with E-state index in [-0.39, 0.29) is 11.5 Å². The van der Waals surface area contributed by atoms with Gasteiger partial charge in [-0.05, 0) is 30.4 Å². The van der Waals surface area contributed by atoms with E-state index in [2.05, 4.69) is 6.58 Å². The lowest BCUT2D eigenvalue weighted by Gasteiger charge is -2.06. The summed E-state index contributed by atoms with van der Waals surface area (Å²) in [4.78, 5) is 12.0. The Hall–Kier alpha value is -2.81. The molecule has 1 N–H and O–H groups in total. The molecule has 0 unspecified atom stereocenters. The molecule has 21 heavy (non-hydrogen) atoms. The summed E-state index contributed by atoms with van der Waals surface area (Å²) in [7, 11) is 0. The fourth-order valence-electron chi connectivity index (χ4n) is 1.82. The predicted molar refractivity (Wildman–Crippen MR) is 83.6 cm³/mol. The number of allylic oxidation sites excluding steroid dienone is 1. The third kappa shape index (κ3) is 4.08. The Morgan fingerprint density at radius 3 is 2.76 bits per heavy atom. The van der Waals surface area contributed by atoms with Crippen molar-refractivity contribution in [2.45, 2.75) is 0 Å². The summed E-state index contributed by atoms with van der Waals surface area (Å²) in [6, 6.07) is 13.7. The summed E-state index contributed by atoms with van der Waals surface area (Å²) < 4.78 is 5.52. The average molecular weight is 280 g/mol. The molecule has 0 amide bonds. The highest BCUT2D eigenvalue weighted by Crippen LogP contribution is 2.20. The van der Waals surface area contributed by atoms with Crippen LogP contribution in [0.2, 0.25) is 0 Å². The molecule has 0 saturated carbocycles. The lowest BCUT2D eigenvalue weighted by atomic mass is 10.1. The first-order valence-corrected chi connectivity index (χ1v) is 6.55. The van der Waals surface area contributed by atoms with Crippen molar-refractivity contribution in [3.05, 3.63) is 78.4 Å². The van der Waals surface area contributed by atoms with E-state index in [1.165, 1.54) is 18.2 Å². The number of carbonyl (C=O) groups is 1. The minimum atomic E-state index is -0.176. The Bertz CT molecular complexity index is 672. The minimum absolute atomic E-state index is 0.0731. The van der Waals surface area contributed by atoms with E-state index in [4.69, 9.17) is 4.74 Å². The molecule has 2 rings (SSSR count). The number of hydrogen-bond acceptors (Lipinski definition) is 3. The van der Waals surface area contributed by atoms with Gasteiger partial charge in [-0.3, -0.25) is 4.79 Å². The van der Waals surface area contributed by atoms with E-state index >= 15 is 0 Å². The Kier molecular flexibility index (Phi) is 4.94. The van der Waals surface area contributed by atoms with Gasteiger partial charge in [-0.2, -0.15) is 0 Å². The largest absolute Gasteiger partial charge is 0.508 e. The van der Waals surface area contributed by atoms with Crippen molar-refractivity contribution in [3.63, 3.8) is 0 Å². The molecule has 3 nitrogen and oxygen atoms in total. The Morgan fingerprint density at radius 1 is 1.19 bits per heavy atom. The number of hydrogen-bond donors (Lipinski definition) is 1. The van der Waals surface area contributed by atoms with Gasteiger partial charge in [0.1, 0.15) is 18.1 Å². The first-order chi connectivity index (χ1) is 10.2. The maximum atomic E-state index is 12.0. The second kappa shape index (κ2) is 7.10. The van der Waals surface area contributed by atoms with Crippen LogP contribution in [0.5, 0.6) is 11.5 Å². The van der Waals surface area contributed by atoms with E-state index < -0.39 is 0 Å². The van der Waals surface area contributed by atoms with Gasteiger partial charge in [0.05, 0.1) is 0 Å². The SMILES string of the molecule is C=CCOc1ccccc1/C=C/C(=O)c1cccc(O)c1. The van der Waals surface area contributed by atoms with Gasteiger partial charge in [-0.15, -0.1) is 0 Å². The molecule has 0 fully saturated rings. The second-order valence-corrected chi connectivity index (χ2v) is 4.39. The zero-order valence-electron chi connectivity index (χ0n) is 11.5. The summed E-state index contributed by atoms with van der Waals surface area (Å²) in [5.74, 6) is 0.589. The van der Waals surface area contributed by atoms with E-state index in [9.17, 15) is 9.90 Å². The summed E-state index contributed by atoms with van der Waals surface area (Å²) in [5, 5.41) is 9.38. The van der Waals surface area contributed by atoms with Crippen LogP contribution in [0.15, 0.2) is 67.3 Å². The van der Waals surface area contributed by atoms with E-state index in [0.717, 1.165) is 5.56 Å². The van der Waals surface area contributed by atoms with Crippen molar-refractivity contribution < 1.29 is 14.6 Å². The summed E-state index contributed by atoms with van der Waals surface area (Å²) in [6.45, 7) is 4.01. The molecule has 0 atom stereocenters. The van der Waals surface area contributed by atoms with Crippen LogP contribution >= 0.6 is 0 Å². The van der Waals surface area contributed by atoms with Crippen LogP contribution in [-0.2, 0) is 0 Å². The molecule has 0 bridgehead atoms. The highest BCUT2D eigenvalue weighted by atomic mass is 16.5. The van der Waals surface area contributed by atoms with Gasteiger partial charge < -0.3 is 9.84 Å². The Balaban J connectivity index is 2.17. The number of carbonyl (C=O) groups excluding carboxylic acids is 1. The minimum Gasteiger partial charge on any atom is -0.508 e. The first kappa shape index (κ1) is 14.6. The molecule has 0 aromatic heterocycles. The van der Waals surface area contributed by atoms with Crippen molar-refractivity contribution in [3.8, 4) is 11.5 Å². The monoisotopic (exact) mass is 280 g/mol. The number of benzene rings is 2. The third-order valence-corrected chi connectivity index (χ3v) is 2.82. The molecule has 106 valence electrons. The summed E-state index contributed by atoms with van der Waals surface area (Å²) >= 11 is 0. The topological polar surface area (TPSA) is 46.5 Å². The molecular weight excluding hydrogens is 264 g/mol. The van der Waals surface area contributed by atoms with Gasteiger partial charge in [0, 0.05) is 11.1 Å². The Labute approximate surface area is 123 Å². The lowest BCUT2D eigenvalue weighted by molar-refractivity contribution is 0.104. The molecular formula is C18H16O3. The fourth-order valence-corrected chi connectivity index (χ4v) is 1.82. The van der Waals surface area contributed by atoms with Crippen LogP contribution in [0.4, 0.5) is 0 Å². The van der Waals surface area contributed by atoms with Crippen LogP contribution in [0.25, 0.3) is 6.08 Å². The number of ketones is 1. The molecule has 0 aliphatic rings. The third-order valence-electron chi connectivity index (χ3n) is 2.82. The second-order valence-electron chi connectivity index (χ2n) is 4.39. The molecule has 0 heterocycles. The maximum absolute atomic E-state index is 12.0. The predicted octanol–water partition coefficient (Wildman–Crippen LogP) is 3.85. The number of ether oxygens (including phenoxy) is 1. The van der Waals surface area contributed by atoms with E-state index in [1.807, 2.05) is 24.3 Å². The molecule has 0 radical (unpaired) electrons. The standard InChI is InChI=1S/C18H16O3/c1-2-12-21-18-9-4-3-6-14(18)10-11-17(20)15-7-5-8-16(19)13-15/h2-11,13,19H,1,12H2/b11-10+. The van der Waals surface area contributed by atoms with Gasteiger partial charge in [-0.1, -0.05) is 43.0 Å². The smallest absolute Gasteiger partial charge is 0.185 e. The molecule has 0 aliphatic carbocycles. The summed E-state index contributed by atoms with van der Waals surface area (Å²) in [6.07, 6.45) is 4.83. The Morgan fingerprint density at radius 2 is 2.00 bits per heavy atom. The number of aromatic hydroxyl groups is 1. The summed E-state index contributed by atoms with van der Waals surface area (Å²) in [5.41, 5.74) is 1.25. The van der Waals surface area contributed by atoms with Crippen molar-refractivity contribution in [1.82, 2.24) is 0 Å². The van der Waals surface area contributed by atoms with Crippen molar-refractivity contribution >= 4 is 11.9 Å². The quantitative estimate of drug-likeness (QED) is 0.496. The molecule has 0 aliphatic heterocycles. The van der Waals surface area contributed by atoms with Crippen molar-refractivity contribution in [1.29, 1.82) is 0 Å². The lowest BCUT2D eigenvalue weighted by Crippen LogP contribution is -1.96. The van der Waals surface area contributed by atoms with Gasteiger partial charge in [-0.25, -0.2) is 0 Å². The average Bonchev–Trinajstić information content (AvgIpc) is 2.51. The number of rotatable bonds is 6. The van der Waals surface area contributed by atoms with Crippen LogP contribution in [0.1, 0.15) is 15.9 Å². The van der Waals surface area contributed by atoms with Gasteiger partial charge in [0.25, 0.3) is 0 Å². The normalized spacial score (nSPS) is 10.5. The number of para-hydroxylation sites is 1. The molecule has 0 spiro atoms. The fraction of sp³-hybridized carbons (Fsp3) is 0.0556. The van der Waals surface area contributed by atoms with Gasteiger partial charge in [0.2, 0.25) is 0 Å². The molecule has 2 aromatic carbocycles. The zero-order chi connectivity index (χ0) is 15.1. The zero-order valence-corrected chi connectivity index (χ0v) is 11.5. The first-order valence-electron chi connectivity index (χ1n) is 6.55. The van der Waals surface area contributed by atoms with E-state index in [1.54, 1.807) is 24.3 Å².